The Hall–Kier alpha value is -10.9. The Morgan fingerprint density at radius 2 is 0.490 bits per heavy atom. The average molecular weight is 1290 g/mol. The van der Waals surface area contributed by atoms with Crippen molar-refractivity contribution in [2.24, 2.45) is 0 Å². The lowest BCUT2D eigenvalue weighted by molar-refractivity contribution is 0.490. The molecule has 0 bridgehead atoms. The molecule has 2 aliphatic carbocycles. The second-order valence-electron chi connectivity index (χ2n) is 26.8. The molecule has 0 saturated carbocycles. The lowest BCUT2D eigenvalue weighted by Gasteiger charge is -2.32. The number of hydrogen-bond acceptors (Lipinski definition) is 4. The highest BCUT2D eigenvalue weighted by Crippen LogP contribution is 2.57. The summed E-state index contributed by atoms with van der Waals surface area (Å²) in [6.45, 7) is 9.44. The van der Waals surface area contributed by atoms with E-state index in [1.165, 1.54) is 140 Å². The van der Waals surface area contributed by atoms with Crippen LogP contribution in [0.15, 0.2) is 315 Å². The Bertz CT molecular complexity index is 5390. The van der Waals surface area contributed by atoms with Crippen LogP contribution in [0.3, 0.4) is 0 Å². The first-order valence-corrected chi connectivity index (χ1v) is 36.5. The van der Waals surface area contributed by atoms with Crippen LogP contribution in [0.4, 0.5) is 34.1 Å². The lowest BCUT2D eigenvalue weighted by Crippen LogP contribution is -2.23. The van der Waals surface area contributed by atoms with Gasteiger partial charge in [0.15, 0.2) is 0 Å². The zero-order chi connectivity index (χ0) is 65.6. The molecular formula is C94H72N2S2. The molecule has 18 rings (SSSR count). The molecular weight excluding hydrogens is 1220 g/mol. The fraction of sp³-hybridized carbons (Fsp3) is 0.106. The van der Waals surface area contributed by atoms with E-state index in [9.17, 15) is 0 Å². The fourth-order valence-corrected chi connectivity index (χ4v) is 19.0. The zero-order valence-corrected chi connectivity index (χ0v) is 57.2. The normalized spacial score (nSPS) is 13.2. The molecule has 470 valence electrons. The van der Waals surface area contributed by atoms with E-state index in [-0.39, 0.29) is 10.8 Å². The number of hydrogen-bond donors (Lipinski definition) is 0. The molecule has 14 aromatic carbocycles. The third-order valence-corrected chi connectivity index (χ3v) is 24.3. The van der Waals surface area contributed by atoms with E-state index in [4.69, 9.17) is 0 Å². The highest BCUT2D eigenvalue weighted by Gasteiger charge is 2.42. The molecule has 0 atom stereocenters. The summed E-state index contributed by atoms with van der Waals surface area (Å²) < 4.78 is 5.17. The maximum Gasteiger partial charge on any atom is 0.0467 e. The second-order valence-corrected chi connectivity index (χ2v) is 28.9. The van der Waals surface area contributed by atoms with Crippen molar-refractivity contribution in [3.63, 3.8) is 0 Å². The highest BCUT2D eigenvalue weighted by molar-refractivity contribution is 7.26. The van der Waals surface area contributed by atoms with E-state index >= 15 is 0 Å². The molecule has 2 aromatic heterocycles. The Kier molecular flexibility index (Phi) is 14.6. The van der Waals surface area contributed by atoms with Gasteiger partial charge in [-0.15, -0.1) is 22.7 Å². The quantitative estimate of drug-likeness (QED) is 0.101. The van der Waals surface area contributed by atoms with Crippen molar-refractivity contribution in [3.05, 3.63) is 338 Å². The van der Waals surface area contributed by atoms with Crippen LogP contribution in [0.5, 0.6) is 0 Å². The smallest absolute Gasteiger partial charge is 0.0467 e. The van der Waals surface area contributed by atoms with Crippen LogP contribution < -0.4 is 9.80 Å². The van der Waals surface area contributed by atoms with E-state index in [0.717, 1.165) is 59.8 Å². The summed E-state index contributed by atoms with van der Waals surface area (Å²) in [5.74, 6) is 0. The molecule has 0 fully saturated rings. The lowest BCUT2D eigenvalue weighted by atomic mass is 9.74. The van der Waals surface area contributed by atoms with Gasteiger partial charge in [-0.3, -0.25) is 0 Å². The molecule has 0 radical (unpaired) electrons. The van der Waals surface area contributed by atoms with Gasteiger partial charge in [-0.25, -0.2) is 0 Å². The fourth-order valence-electron chi connectivity index (χ4n) is 16.9. The molecule has 0 aliphatic heterocycles. The van der Waals surface area contributed by atoms with Gasteiger partial charge in [0.1, 0.15) is 0 Å². The van der Waals surface area contributed by atoms with Gasteiger partial charge in [-0.05, 0) is 247 Å². The predicted molar refractivity (Wildman–Crippen MR) is 422 cm³/mol. The number of nitrogens with zero attached hydrogens (tertiary/aromatic N) is 2. The third-order valence-electron chi connectivity index (χ3n) is 22.0. The molecule has 0 unspecified atom stereocenters. The summed E-state index contributed by atoms with van der Waals surface area (Å²) in [4.78, 5) is 4.93. The van der Waals surface area contributed by atoms with Crippen molar-refractivity contribution in [1.29, 1.82) is 0 Å². The van der Waals surface area contributed by atoms with Crippen molar-refractivity contribution in [2.75, 3.05) is 9.80 Å². The van der Waals surface area contributed by atoms with Crippen LogP contribution >= 0.6 is 22.7 Å². The van der Waals surface area contributed by atoms with Crippen LogP contribution in [0.25, 0.3) is 118 Å². The van der Waals surface area contributed by atoms with E-state index in [1.807, 2.05) is 22.7 Å². The Morgan fingerprint density at radius 3 is 0.847 bits per heavy atom. The first kappa shape index (κ1) is 59.6. The van der Waals surface area contributed by atoms with Crippen molar-refractivity contribution in [1.82, 2.24) is 0 Å². The van der Waals surface area contributed by atoms with Crippen molar-refractivity contribution in [2.45, 2.75) is 64.2 Å². The minimum Gasteiger partial charge on any atom is -0.310 e. The molecule has 0 N–H and O–H groups in total. The molecule has 0 spiro atoms. The first-order valence-electron chi connectivity index (χ1n) is 34.8. The summed E-state index contributed by atoms with van der Waals surface area (Å²) in [6, 6.07) is 119. The summed E-state index contributed by atoms with van der Waals surface area (Å²) in [7, 11) is 0. The maximum absolute atomic E-state index is 2.50. The number of fused-ring (bicyclic) bond motifs is 12. The summed E-state index contributed by atoms with van der Waals surface area (Å²) in [5, 5.41) is 5.14. The van der Waals surface area contributed by atoms with Crippen LogP contribution in [-0.2, 0) is 10.8 Å². The maximum atomic E-state index is 2.50. The number of thiophene rings is 2. The standard InChI is InChI=1S/C94H72N2S2/c1-5-93(6-2)85-31-17-15-29-77(85)79-47-45-75(59-87(79)93)95(71-41-33-63(34-42-71)61-21-11-9-12-22-61)73-27-19-25-65(53-73)67-37-49-89-81(55-67)83-57-69(39-51-91(83)97-89)70-40-52-92-84(58-70)82-56-68(38-50-90(82)98-92)66-26-20-28-74(54-66)96(72-43-35-64(36-44-72)62-23-13-10-14-24-62)76-46-48-80-78-30-16-18-32-86(78)94(7-3,8-4)88(80)60-76/h9-60H,5-8H2,1-4H3. The van der Waals surface area contributed by atoms with E-state index in [2.05, 4.69) is 353 Å². The molecule has 4 heteroatoms. The molecule has 2 aliphatic rings. The van der Waals surface area contributed by atoms with Gasteiger partial charge in [0, 0.05) is 85.3 Å². The minimum atomic E-state index is -0.0471. The van der Waals surface area contributed by atoms with E-state index in [0.29, 0.717) is 0 Å². The largest absolute Gasteiger partial charge is 0.310 e. The van der Waals surface area contributed by atoms with Crippen LogP contribution in [0.2, 0.25) is 0 Å². The van der Waals surface area contributed by atoms with E-state index in [1.54, 1.807) is 0 Å². The summed E-state index contributed by atoms with van der Waals surface area (Å²) in [5.41, 5.74) is 30.0. The van der Waals surface area contributed by atoms with Gasteiger partial charge in [-0.1, -0.05) is 222 Å². The summed E-state index contributed by atoms with van der Waals surface area (Å²) >= 11 is 3.76. The van der Waals surface area contributed by atoms with Gasteiger partial charge in [-0.2, -0.15) is 0 Å². The molecule has 0 saturated heterocycles. The van der Waals surface area contributed by atoms with Gasteiger partial charge in [0.2, 0.25) is 0 Å². The number of rotatable bonds is 15. The number of benzene rings is 14. The average Bonchev–Trinajstić information content (AvgIpc) is 1.57. The van der Waals surface area contributed by atoms with Crippen LogP contribution in [0, 0.1) is 0 Å². The van der Waals surface area contributed by atoms with Crippen LogP contribution in [-0.4, -0.2) is 0 Å². The molecule has 98 heavy (non-hydrogen) atoms. The third kappa shape index (κ3) is 9.71. The van der Waals surface area contributed by atoms with Gasteiger partial charge in [0.25, 0.3) is 0 Å². The van der Waals surface area contributed by atoms with Gasteiger partial charge in [0.05, 0.1) is 0 Å². The van der Waals surface area contributed by atoms with Gasteiger partial charge < -0.3 is 9.80 Å². The second kappa shape index (κ2) is 24.0. The molecule has 16 aromatic rings. The Balaban J connectivity index is 0.687. The first-order chi connectivity index (χ1) is 48.3. The number of anilines is 6. The van der Waals surface area contributed by atoms with Crippen molar-refractivity contribution in [3.8, 4) is 77.9 Å². The monoisotopic (exact) mass is 1290 g/mol. The SMILES string of the molecule is CCC1(CC)c2ccccc2-c2ccc(N(c3ccc(-c4ccccc4)cc3)c3cccc(-c4ccc5sc6ccc(-c7ccc8sc9ccc(-c%10cccc(N(c%11ccc(-c%12ccccc%12)cc%11)c%11ccc%12c(c%11)C(CC)(CC)c%11ccccc%11-%12)c%10)cc9c8c7)cc6c5c4)c3)cc21. The molecule has 2 heterocycles. The Morgan fingerprint density at radius 1 is 0.214 bits per heavy atom. The zero-order valence-electron chi connectivity index (χ0n) is 55.6. The Labute approximate surface area is 582 Å². The molecule has 2 nitrogen and oxygen atoms in total. The van der Waals surface area contributed by atoms with E-state index < -0.39 is 0 Å². The van der Waals surface area contributed by atoms with Crippen LogP contribution in [0.1, 0.15) is 75.6 Å². The molecule has 0 amide bonds. The highest BCUT2D eigenvalue weighted by atomic mass is 32.1. The van der Waals surface area contributed by atoms with Crippen molar-refractivity contribution < 1.29 is 0 Å². The minimum absolute atomic E-state index is 0.0471. The summed E-state index contributed by atoms with van der Waals surface area (Å²) in [6.07, 6.45) is 4.16. The predicted octanol–water partition coefficient (Wildman–Crippen LogP) is 27.9. The van der Waals surface area contributed by atoms with Gasteiger partial charge >= 0.3 is 0 Å². The van der Waals surface area contributed by atoms with Crippen molar-refractivity contribution >= 4 is 97.1 Å². The topological polar surface area (TPSA) is 6.48 Å².